The Kier molecular flexibility index (Phi) is 249. The third-order valence-electron chi connectivity index (χ3n) is 0. The van der Waals surface area contributed by atoms with Crippen LogP contribution in [-0.2, 0) is 63.0 Å². The molecule has 0 rings (SSSR count). The molecule has 0 spiro atoms. The Balaban J connectivity index is 0. The van der Waals surface area contributed by atoms with Crippen LogP contribution in [0.2, 0.25) is 0 Å². The van der Waals surface area contributed by atoms with Gasteiger partial charge in [-0.1, -0.05) is 0 Å². The zero-order valence-electron chi connectivity index (χ0n) is 1.82. The summed E-state index contributed by atoms with van der Waals surface area (Å²) < 4.78 is 0. The predicted octanol–water partition coefficient (Wildman–Crippen LogP) is -0.243. The summed E-state index contributed by atoms with van der Waals surface area (Å²) in [5, 5.41) is 0. The van der Waals surface area contributed by atoms with Crippen LogP contribution in [-0.4, -0.2) is 0 Å². The molecule has 0 aliphatic rings. The fraction of sp³-hybridized carbons (Fsp3) is 0. The Labute approximate surface area is 62.5 Å². The first-order valence-corrected chi connectivity index (χ1v) is 0. The topological polar surface area (TPSA) is 57.0 Å². The van der Waals surface area contributed by atoms with E-state index in [9.17, 15) is 0 Å². The Morgan fingerprint density at radius 2 is 0.750 bits per heavy atom. The van der Waals surface area contributed by atoms with Crippen LogP contribution in [0.25, 0.3) is 0 Å². The van der Waals surface area contributed by atoms with Gasteiger partial charge >= 0.3 is 26.2 Å². The van der Waals surface area contributed by atoms with Gasteiger partial charge in [0, 0.05) is 25.8 Å². The van der Waals surface area contributed by atoms with Gasteiger partial charge in [0.2, 0.25) is 0 Å². The second kappa shape index (κ2) is 22.5. The van der Waals surface area contributed by atoms with Crippen molar-refractivity contribution in [1.82, 2.24) is 0 Å². The molecule has 0 aromatic rings. The maximum atomic E-state index is 0. The van der Waals surface area contributed by atoms with Crippen LogP contribution in [0.3, 0.4) is 0 Å². The van der Waals surface area contributed by atoms with Crippen molar-refractivity contribution in [3.63, 3.8) is 0 Å². The van der Waals surface area contributed by atoms with E-state index >= 15 is 0 Å². The molecule has 0 radical (unpaired) electrons. The molecule has 0 N–H and O–H groups in total. The quantitative estimate of drug-likeness (QED) is 0.555. The minimum absolute atomic E-state index is 0. The molecule has 0 aromatic carbocycles. The molecule has 0 aliphatic carbocycles. The fourth-order valence-electron chi connectivity index (χ4n) is 0. The average molecular weight is 302 g/mol. The monoisotopic (exact) mass is 302 g/mol. The van der Waals surface area contributed by atoms with E-state index in [4.69, 9.17) is 0 Å². The Morgan fingerprint density at radius 1 is 0.750 bits per heavy atom. The predicted molar refractivity (Wildman–Crippen MR) is 1.37 cm³/mol. The molecule has 2 nitrogen and oxygen atoms in total. The van der Waals surface area contributed by atoms with Gasteiger partial charge in [-0.25, -0.2) is 0 Å². The maximum Gasteiger partial charge on any atom is 4.00 e. The Bertz CT molecular complexity index is 6.00. The molecule has 4 heteroatoms. The molecular weight excluding hydrogens is 302 g/mol. The van der Waals surface area contributed by atoms with E-state index in [0.29, 0.717) is 0 Å². The third-order valence-corrected chi connectivity index (χ3v) is 0. The summed E-state index contributed by atoms with van der Waals surface area (Å²) in [6.07, 6.45) is 0. The molecule has 0 aliphatic heterocycles. The zero-order chi connectivity index (χ0) is 0. The molecule has 0 saturated carbocycles. The van der Waals surface area contributed by atoms with Crippen molar-refractivity contribution >= 4 is 0 Å². The van der Waals surface area contributed by atoms with Gasteiger partial charge in [0.25, 0.3) is 0 Å². The van der Waals surface area contributed by atoms with E-state index in [1.165, 1.54) is 0 Å². The minimum Gasteiger partial charge on any atom is -2.00 e. The van der Waals surface area contributed by atoms with Crippen LogP contribution in [0.1, 0.15) is 0 Å². The first kappa shape index (κ1) is 44.3. The smallest absolute Gasteiger partial charge is 2.00 e. The van der Waals surface area contributed by atoms with E-state index in [2.05, 4.69) is 0 Å². The summed E-state index contributed by atoms with van der Waals surface area (Å²) in [6.45, 7) is 0. The summed E-state index contributed by atoms with van der Waals surface area (Å²) in [5.74, 6) is 0. The van der Waals surface area contributed by atoms with E-state index in [1.54, 1.807) is 0 Å². The van der Waals surface area contributed by atoms with Crippen molar-refractivity contribution in [2.45, 2.75) is 0 Å². The standard InChI is InChI=1S/Hf.2O.Zr/q;2*-2;+4. The molecule has 0 heterocycles. The summed E-state index contributed by atoms with van der Waals surface area (Å²) in [5.41, 5.74) is 0. The molecule has 4 heavy (non-hydrogen) atoms. The van der Waals surface area contributed by atoms with Crippen molar-refractivity contribution in [3.8, 4) is 0 Å². The van der Waals surface area contributed by atoms with Crippen molar-refractivity contribution in [1.29, 1.82) is 0 Å². The van der Waals surface area contributed by atoms with Crippen molar-refractivity contribution < 1.29 is 63.0 Å². The van der Waals surface area contributed by atoms with Gasteiger partial charge < -0.3 is 11.0 Å². The second-order valence-corrected chi connectivity index (χ2v) is 0. The summed E-state index contributed by atoms with van der Waals surface area (Å²) in [6, 6.07) is 0. The molecule has 0 unspecified atom stereocenters. The van der Waals surface area contributed by atoms with Gasteiger partial charge in [0.05, 0.1) is 0 Å². The molecule has 0 saturated heterocycles. The molecule has 0 atom stereocenters. The maximum absolute atomic E-state index is 0. The Morgan fingerprint density at radius 3 is 0.750 bits per heavy atom. The third kappa shape index (κ3) is 9.38. The first-order valence-electron chi connectivity index (χ1n) is 0. The largest absolute Gasteiger partial charge is 4.00 e. The van der Waals surface area contributed by atoms with Gasteiger partial charge in [-0.15, -0.1) is 0 Å². The van der Waals surface area contributed by atoms with Crippen LogP contribution in [0.4, 0.5) is 0 Å². The molecule has 0 fully saturated rings. The summed E-state index contributed by atoms with van der Waals surface area (Å²) >= 11 is 0. The normalized spacial score (nSPS) is 0. The number of rotatable bonds is 0. The van der Waals surface area contributed by atoms with Crippen LogP contribution in [0, 0.1) is 0 Å². The van der Waals surface area contributed by atoms with Gasteiger partial charge in [-0.2, -0.15) is 0 Å². The van der Waals surface area contributed by atoms with Gasteiger partial charge in [-0.3, -0.25) is 0 Å². The van der Waals surface area contributed by atoms with Gasteiger partial charge in [-0.05, 0) is 0 Å². The van der Waals surface area contributed by atoms with Crippen molar-refractivity contribution in [2.24, 2.45) is 0 Å². The number of hydrogen-bond donors (Lipinski definition) is 0. The zero-order valence-corrected chi connectivity index (χ0v) is 7.87. The molecule has 20 valence electrons. The summed E-state index contributed by atoms with van der Waals surface area (Å²) in [4.78, 5) is 0. The average Bonchev–Trinajstić information content (AvgIpc) is 0. The molecule has 0 bridgehead atoms. The summed E-state index contributed by atoms with van der Waals surface area (Å²) in [7, 11) is 0. The van der Waals surface area contributed by atoms with E-state index in [-0.39, 0.29) is 63.0 Å². The molecular formula is HfO2Zr. The van der Waals surface area contributed by atoms with Gasteiger partial charge in [0.15, 0.2) is 0 Å². The minimum atomic E-state index is 0. The van der Waals surface area contributed by atoms with Crippen LogP contribution >= 0.6 is 0 Å². The van der Waals surface area contributed by atoms with E-state index < -0.39 is 0 Å². The molecule has 0 amide bonds. The Hall–Kier alpha value is 1.67. The van der Waals surface area contributed by atoms with E-state index in [0.717, 1.165) is 0 Å². The second-order valence-electron chi connectivity index (χ2n) is 0. The van der Waals surface area contributed by atoms with Crippen molar-refractivity contribution in [2.75, 3.05) is 0 Å². The van der Waals surface area contributed by atoms with Crippen LogP contribution < -0.4 is 0 Å². The SMILES string of the molecule is [Hf].[O-2].[O-2].[Zr+4]. The fourth-order valence-corrected chi connectivity index (χ4v) is 0. The van der Waals surface area contributed by atoms with E-state index in [1.807, 2.05) is 0 Å². The number of hydrogen-bond acceptors (Lipinski definition) is 0. The first-order chi connectivity index (χ1) is 0. The van der Waals surface area contributed by atoms with Crippen molar-refractivity contribution in [3.05, 3.63) is 0 Å². The van der Waals surface area contributed by atoms with Gasteiger partial charge in [0.1, 0.15) is 0 Å². The molecule has 0 aromatic heterocycles. The van der Waals surface area contributed by atoms with Crippen LogP contribution in [0.15, 0.2) is 0 Å². The van der Waals surface area contributed by atoms with Crippen LogP contribution in [0.5, 0.6) is 0 Å².